The van der Waals surface area contributed by atoms with Gasteiger partial charge in [0, 0.05) is 37.2 Å². The minimum absolute atomic E-state index is 0.0270. The largest absolute Gasteiger partial charge is 0.496 e. The summed E-state index contributed by atoms with van der Waals surface area (Å²) < 4.78 is 11.4. The van der Waals surface area contributed by atoms with Gasteiger partial charge in [-0.3, -0.25) is 14.8 Å². The summed E-state index contributed by atoms with van der Waals surface area (Å²) >= 11 is 0. The van der Waals surface area contributed by atoms with Crippen LogP contribution in [0.1, 0.15) is 60.4 Å². The molecular weight excluding hydrogens is 472 g/mol. The number of carbonyl (C=O) groups excluding carboxylic acids is 1. The van der Waals surface area contributed by atoms with E-state index in [0.717, 1.165) is 61.2 Å². The van der Waals surface area contributed by atoms with Crippen LogP contribution in [-0.2, 0) is 6.54 Å². The maximum absolute atomic E-state index is 12.9. The maximum Gasteiger partial charge on any atom is 0.321 e. The minimum atomic E-state index is -0.300. The van der Waals surface area contributed by atoms with E-state index in [4.69, 9.17) is 19.7 Å². The van der Waals surface area contributed by atoms with Crippen LogP contribution in [0.25, 0.3) is 0 Å². The summed E-state index contributed by atoms with van der Waals surface area (Å²) in [5.74, 6) is 1.54. The van der Waals surface area contributed by atoms with E-state index in [9.17, 15) is 4.79 Å². The number of piperidine rings is 1. The smallest absolute Gasteiger partial charge is 0.321 e. The first-order valence-corrected chi connectivity index (χ1v) is 13.0. The predicted octanol–water partition coefficient (Wildman–Crippen LogP) is 2.32. The maximum atomic E-state index is 12.9. The first-order chi connectivity index (χ1) is 18.1. The van der Waals surface area contributed by atoms with Crippen molar-refractivity contribution in [1.82, 2.24) is 25.3 Å². The lowest BCUT2D eigenvalue weighted by molar-refractivity contribution is 0.0904. The lowest BCUT2D eigenvalue weighted by atomic mass is 9.88. The normalized spacial score (nSPS) is 22.9. The van der Waals surface area contributed by atoms with Crippen LogP contribution in [0.15, 0.2) is 17.3 Å². The van der Waals surface area contributed by atoms with Gasteiger partial charge in [0.1, 0.15) is 5.75 Å². The highest BCUT2D eigenvalue weighted by atomic mass is 16.5. The van der Waals surface area contributed by atoms with E-state index in [1.807, 2.05) is 6.07 Å². The fourth-order valence-corrected chi connectivity index (χ4v) is 5.20. The molecule has 2 aliphatic carbocycles. The van der Waals surface area contributed by atoms with Crippen LogP contribution in [0.4, 0.5) is 5.95 Å². The summed E-state index contributed by atoms with van der Waals surface area (Å²) in [6, 6.07) is 4.47. The van der Waals surface area contributed by atoms with Crippen LogP contribution < -0.4 is 19.7 Å². The number of rotatable bonds is 8. The number of nitrogens with zero attached hydrogens (tertiary/aromatic N) is 7. The molecule has 1 N–H and O–H groups in total. The molecule has 37 heavy (non-hydrogen) atoms. The van der Waals surface area contributed by atoms with Gasteiger partial charge in [-0.05, 0) is 44.6 Å². The molecule has 192 valence electrons. The molecule has 1 amide bonds. The topological polar surface area (TPSA) is 139 Å². The Morgan fingerprint density at radius 2 is 2.05 bits per heavy atom. The monoisotopic (exact) mass is 502 g/mol. The Bertz CT molecular complexity index is 1260. The summed E-state index contributed by atoms with van der Waals surface area (Å²) in [7, 11) is 1.68. The van der Waals surface area contributed by atoms with Crippen LogP contribution in [0, 0.1) is 29.1 Å². The Balaban J connectivity index is 1.17. The van der Waals surface area contributed by atoms with Crippen LogP contribution in [-0.4, -0.2) is 64.4 Å². The number of hydrogen-bond donors (Lipinski definition) is 1. The van der Waals surface area contributed by atoms with Gasteiger partial charge in [-0.25, -0.2) is 0 Å². The van der Waals surface area contributed by atoms with Gasteiger partial charge in [0.25, 0.3) is 5.91 Å². The van der Waals surface area contributed by atoms with E-state index in [-0.39, 0.29) is 41.5 Å². The lowest BCUT2D eigenvalue weighted by Gasteiger charge is -2.32. The number of ether oxygens (including phenoxy) is 2. The standard InChI is InChI=1S/C26H30N8O3/c1-36-20-5-8-28-19-13-29-22(21(19)20)15-6-9-34(10-7-15)25-31-23(24(35)30-18-3-2-4-18)32-26(33-25)37-14-17-11-16(17)12-27/h5,8,15-18H,2-4,6-7,9-11,13-14H2,1H3,(H,30,35)/t16-,17+/m0/s1. The summed E-state index contributed by atoms with van der Waals surface area (Å²) in [6.07, 6.45) is 7.40. The lowest BCUT2D eigenvalue weighted by Crippen LogP contribution is -2.41. The number of carbonyl (C=O) groups is 1. The third kappa shape index (κ3) is 4.80. The predicted molar refractivity (Wildman–Crippen MR) is 134 cm³/mol. The van der Waals surface area contributed by atoms with Crippen molar-refractivity contribution in [1.29, 1.82) is 5.26 Å². The summed E-state index contributed by atoms with van der Waals surface area (Å²) in [5.41, 5.74) is 3.06. The number of aliphatic imine (C=N–C) groups is 1. The number of fused-ring (bicyclic) bond motifs is 1. The molecule has 1 saturated heterocycles. The third-order valence-corrected chi connectivity index (χ3v) is 7.79. The molecule has 2 aromatic heterocycles. The molecule has 0 spiro atoms. The van der Waals surface area contributed by atoms with Crippen molar-refractivity contribution in [2.75, 3.05) is 31.7 Å². The second-order valence-corrected chi connectivity index (χ2v) is 10.2. The van der Waals surface area contributed by atoms with Gasteiger partial charge in [0.05, 0.1) is 49.2 Å². The van der Waals surface area contributed by atoms with Gasteiger partial charge in [-0.1, -0.05) is 0 Å². The van der Waals surface area contributed by atoms with Crippen molar-refractivity contribution in [3.05, 3.63) is 29.3 Å². The first kappa shape index (κ1) is 23.6. The Kier molecular flexibility index (Phi) is 6.32. The number of nitriles is 1. The molecule has 6 rings (SSSR count). The fraction of sp³-hybridized carbons (Fsp3) is 0.577. The highest BCUT2D eigenvalue weighted by Gasteiger charge is 2.38. The van der Waals surface area contributed by atoms with Crippen molar-refractivity contribution >= 4 is 17.6 Å². The summed E-state index contributed by atoms with van der Waals surface area (Å²) in [5, 5.41) is 12.1. The van der Waals surface area contributed by atoms with E-state index in [0.29, 0.717) is 32.2 Å². The van der Waals surface area contributed by atoms with E-state index >= 15 is 0 Å². The van der Waals surface area contributed by atoms with Crippen molar-refractivity contribution in [3.63, 3.8) is 0 Å². The summed E-state index contributed by atoms with van der Waals surface area (Å²) in [4.78, 5) is 37.6. The Hall–Kier alpha value is -3.81. The van der Waals surface area contributed by atoms with Crippen molar-refractivity contribution in [2.24, 2.45) is 22.7 Å². The number of aromatic nitrogens is 4. The van der Waals surface area contributed by atoms with Crippen molar-refractivity contribution in [2.45, 2.75) is 51.1 Å². The zero-order valence-corrected chi connectivity index (χ0v) is 20.9. The van der Waals surface area contributed by atoms with Gasteiger partial charge < -0.3 is 19.7 Å². The average molecular weight is 503 g/mol. The van der Waals surface area contributed by atoms with E-state index in [2.05, 4.69) is 36.2 Å². The molecule has 4 heterocycles. The second kappa shape index (κ2) is 9.92. The SMILES string of the molecule is COc1ccnc2c1C(C1CCN(c3nc(OC[C@H]4C[C@H]4C#N)nc(C(=O)NC4CCC4)n3)CC1)=NC2. The molecule has 4 aliphatic rings. The quantitative estimate of drug-likeness (QED) is 0.576. The number of anilines is 1. The van der Waals surface area contributed by atoms with Crippen LogP contribution in [0.2, 0.25) is 0 Å². The highest BCUT2D eigenvalue weighted by molar-refractivity contribution is 6.07. The van der Waals surface area contributed by atoms with Gasteiger partial charge in [0.15, 0.2) is 0 Å². The van der Waals surface area contributed by atoms with E-state index < -0.39 is 0 Å². The Labute approximate surface area is 215 Å². The van der Waals surface area contributed by atoms with Gasteiger partial charge >= 0.3 is 6.01 Å². The van der Waals surface area contributed by atoms with E-state index in [1.54, 1.807) is 13.3 Å². The molecule has 2 atom stereocenters. The summed E-state index contributed by atoms with van der Waals surface area (Å²) in [6.45, 7) is 2.38. The molecule has 0 aromatic carbocycles. The average Bonchev–Trinajstić information content (AvgIpc) is 3.55. The van der Waals surface area contributed by atoms with Gasteiger partial charge in [0.2, 0.25) is 11.8 Å². The molecule has 0 unspecified atom stereocenters. The third-order valence-electron chi connectivity index (χ3n) is 7.79. The molecule has 11 nitrogen and oxygen atoms in total. The number of pyridine rings is 1. The molecule has 0 radical (unpaired) electrons. The molecule has 2 saturated carbocycles. The highest BCUT2D eigenvalue weighted by Crippen LogP contribution is 2.38. The van der Waals surface area contributed by atoms with Gasteiger partial charge in [-0.2, -0.15) is 20.2 Å². The first-order valence-electron chi connectivity index (χ1n) is 13.0. The minimum Gasteiger partial charge on any atom is -0.496 e. The molecule has 2 aromatic rings. The number of hydrogen-bond acceptors (Lipinski definition) is 10. The number of amides is 1. The van der Waals surface area contributed by atoms with Crippen molar-refractivity contribution in [3.8, 4) is 17.8 Å². The zero-order chi connectivity index (χ0) is 25.4. The molecular formula is C26H30N8O3. The van der Waals surface area contributed by atoms with Crippen LogP contribution >= 0.6 is 0 Å². The Morgan fingerprint density at radius 1 is 1.22 bits per heavy atom. The van der Waals surface area contributed by atoms with Crippen LogP contribution in [0.3, 0.4) is 0 Å². The Morgan fingerprint density at radius 3 is 2.76 bits per heavy atom. The van der Waals surface area contributed by atoms with Crippen LogP contribution in [0.5, 0.6) is 11.8 Å². The number of nitrogens with one attached hydrogen (secondary N) is 1. The molecule has 2 aliphatic heterocycles. The van der Waals surface area contributed by atoms with E-state index in [1.165, 1.54) is 0 Å². The number of methoxy groups -OCH3 is 1. The molecule has 0 bridgehead atoms. The molecule has 3 fully saturated rings. The second-order valence-electron chi connectivity index (χ2n) is 10.2. The fourth-order valence-electron chi connectivity index (χ4n) is 5.20. The zero-order valence-electron chi connectivity index (χ0n) is 20.9. The molecule has 11 heteroatoms. The van der Waals surface area contributed by atoms with Gasteiger partial charge in [-0.15, -0.1) is 0 Å². The van der Waals surface area contributed by atoms with Crippen molar-refractivity contribution < 1.29 is 14.3 Å².